The molecule has 122 valence electrons. The summed E-state index contributed by atoms with van der Waals surface area (Å²) >= 11 is 5.89. The predicted octanol–water partition coefficient (Wildman–Crippen LogP) is 3.68. The van der Waals surface area contributed by atoms with E-state index in [0.717, 1.165) is 12.8 Å². The molecule has 4 nitrogen and oxygen atoms in total. The zero-order valence-electron chi connectivity index (χ0n) is 12.2. The summed E-state index contributed by atoms with van der Waals surface area (Å²) in [6.45, 7) is -2.75. The van der Waals surface area contributed by atoms with Crippen molar-refractivity contribution in [2.75, 3.05) is 0 Å². The molecule has 7 heteroatoms. The highest BCUT2D eigenvalue weighted by Gasteiger charge is 2.14. The third-order valence-electron chi connectivity index (χ3n) is 3.62. The minimum atomic E-state index is -2.89. The van der Waals surface area contributed by atoms with Gasteiger partial charge in [0.05, 0.1) is 6.54 Å². The molecular formula is C15H20ClF2N3O. The first-order chi connectivity index (χ1) is 10.5. The lowest BCUT2D eigenvalue weighted by molar-refractivity contribution is -0.0504. The number of halogens is 3. The van der Waals surface area contributed by atoms with Crippen molar-refractivity contribution in [1.82, 2.24) is 5.32 Å². The lowest BCUT2D eigenvalue weighted by Gasteiger charge is -2.23. The second-order valence-corrected chi connectivity index (χ2v) is 5.75. The second kappa shape index (κ2) is 8.17. The van der Waals surface area contributed by atoms with Crippen LogP contribution in [0.1, 0.15) is 37.7 Å². The number of aliphatic imine (C=N–C) groups is 1. The fraction of sp³-hybridized carbons (Fsp3) is 0.533. The summed E-state index contributed by atoms with van der Waals surface area (Å²) in [6, 6.07) is 4.80. The maximum atomic E-state index is 12.4. The average Bonchev–Trinajstić information content (AvgIpc) is 2.48. The SMILES string of the molecule is NC(=NCc1cc(Cl)ccc1OC(F)F)NC1CCCCC1. The first-order valence-corrected chi connectivity index (χ1v) is 7.72. The summed E-state index contributed by atoms with van der Waals surface area (Å²) in [6.07, 6.45) is 5.78. The van der Waals surface area contributed by atoms with Crippen LogP contribution < -0.4 is 15.8 Å². The Hall–Kier alpha value is -1.56. The molecule has 0 heterocycles. The highest BCUT2D eigenvalue weighted by molar-refractivity contribution is 6.30. The van der Waals surface area contributed by atoms with Gasteiger partial charge in [-0.3, -0.25) is 0 Å². The molecule has 0 amide bonds. The molecule has 0 spiro atoms. The molecule has 0 bridgehead atoms. The van der Waals surface area contributed by atoms with E-state index >= 15 is 0 Å². The van der Waals surface area contributed by atoms with Crippen molar-refractivity contribution in [3.63, 3.8) is 0 Å². The van der Waals surface area contributed by atoms with Gasteiger partial charge in [-0.2, -0.15) is 8.78 Å². The molecular weight excluding hydrogens is 312 g/mol. The minimum absolute atomic E-state index is 0.0635. The van der Waals surface area contributed by atoms with Gasteiger partial charge in [0.25, 0.3) is 0 Å². The van der Waals surface area contributed by atoms with Gasteiger partial charge in [0, 0.05) is 16.6 Å². The third-order valence-corrected chi connectivity index (χ3v) is 3.85. The molecule has 1 aliphatic rings. The third kappa shape index (κ3) is 5.33. The number of guanidine groups is 1. The molecule has 3 N–H and O–H groups in total. The van der Waals surface area contributed by atoms with Crippen molar-refractivity contribution in [1.29, 1.82) is 0 Å². The molecule has 1 aromatic rings. The summed E-state index contributed by atoms with van der Waals surface area (Å²) in [5.41, 5.74) is 6.33. The Kier molecular flexibility index (Phi) is 6.24. The van der Waals surface area contributed by atoms with Gasteiger partial charge in [0.2, 0.25) is 0 Å². The van der Waals surface area contributed by atoms with Gasteiger partial charge in [-0.15, -0.1) is 0 Å². The largest absolute Gasteiger partial charge is 0.434 e. The average molecular weight is 332 g/mol. The molecule has 22 heavy (non-hydrogen) atoms. The number of nitrogens with two attached hydrogens (primary N) is 1. The van der Waals surface area contributed by atoms with E-state index in [9.17, 15) is 8.78 Å². The summed E-state index contributed by atoms with van der Waals surface area (Å²) in [5, 5.41) is 3.61. The first kappa shape index (κ1) is 16.8. The number of rotatable bonds is 5. The van der Waals surface area contributed by atoms with Crippen LogP contribution in [0.2, 0.25) is 5.02 Å². The normalized spacial score (nSPS) is 16.8. The number of nitrogens with one attached hydrogen (secondary N) is 1. The zero-order valence-corrected chi connectivity index (χ0v) is 13.0. The molecule has 0 aromatic heterocycles. The zero-order chi connectivity index (χ0) is 15.9. The van der Waals surface area contributed by atoms with E-state index in [0.29, 0.717) is 22.6 Å². The summed E-state index contributed by atoms with van der Waals surface area (Å²) in [5.74, 6) is 0.378. The Morgan fingerprint density at radius 2 is 2.09 bits per heavy atom. The smallest absolute Gasteiger partial charge is 0.387 e. The van der Waals surface area contributed by atoms with Crippen LogP contribution in [0.5, 0.6) is 5.75 Å². The summed E-state index contributed by atoms with van der Waals surface area (Å²) in [7, 11) is 0. The number of benzene rings is 1. The van der Waals surface area contributed by atoms with E-state index in [2.05, 4.69) is 15.0 Å². The van der Waals surface area contributed by atoms with E-state index in [1.54, 1.807) is 6.07 Å². The molecule has 0 atom stereocenters. The van der Waals surface area contributed by atoms with Crippen LogP contribution in [0.15, 0.2) is 23.2 Å². The monoisotopic (exact) mass is 331 g/mol. The Balaban J connectivity index is 1.99. The van der Waals surface area contributed by atoms with E-state index in [-0.39, 0.29) is 12.3 Å². The van der Waals surface area contributed by atoms with Crippen LogP contribution in [0.4, 0.5) is 8.78 Å². The highest BCUT2D eigenvalue weighted by Crippen LogP contribution is 2.25. The van der Waals surface area contributed by atoms with Crippen LogP contribution in [0.25, 0.3) is 0 Å². The standard InChI is InChI=1S/C15H20ClF2N3O/c16-11-6-7-13(22-14(17)18)10(8-11)9-20-15(19)21-12-4-2-1-3-5-12/h6-8,12,14H,1-5,9H2,(H3,19,20,21). The van der Waals surface area contributed by atoms with Crippen LogP contribution in [-0.2, 0) is 6.54 Å². The van der Waals surface area contributed by atoms with Crippen LogP contribution in [0, 0.1) is 0 Å². The Morgan fingerprint density at radius 1 is 1.36 bits per heavy atom. The molecule has 0 saturated heterocycles. The van der Waals surface area contributed by atoms with Gasteiger partial charge >= 0.3 is 6.61 Å². The van der Waals surface area contributed by atoms with E-state index < -0.39 is 6.61 Å². The van der Waals surface area contributed by atoms with Crippen LogP contribution >= 0.6 is 11.6 Å². The Labute approximate surface area is 133 Å². The molecule has 2 rings (SSSR count). The van der Waals surface area contributed by atoms with E-state index in [4.69, 9.17) is 17.3 Å². The second-order valence-electron chi connectivity index (χ2n) is 5.31. The fourth-order valence-electron chi connectivity index (χ4n) is 2.55. The van der Waals surface area contributed by atoms with E-state index in [1.807, 2.05) is 0 Å². The van der Waals surface area contributed by atoms with Crippen molar-refractivity contribution in [3.05, 3.63) is 28.8 Å². The van der Waals surface area contributed by atoms with Crippen molar-refractivity contribution in [2.45, 2.75) is 51.3 Å². The maximum Gasteiger partial charge on any atom is 0.387 e. The van der Waals surface area contributed by atoms with Gasteiger partial charge in [-0.05, 0) is 31.0 Å². The number of alkyl halides is 2. The lowest BCUT2D eigenvalue weighted by atomic mass is 9.96. The lowest BCUT2D eigenvalue weighted by Crippen LogP contribution is -2.41. The molecule has 0 radical (unpaired) electrons. The quantitative estimate of drug-likeness (QED) is 0.639. The van der Waals surface area contributed by atoms with Gasteiger partial charge < -0.3 is 15.8 Å². The van der Waals surface area contributed by atoms with Crippen molar-refractivity contribution >= 4 is 17.6 Å². The van der Waals surface area contributed by atoms with Crippen molar-refractivity contribution in [3.8, 4) is 5.75 Å². The fourth-order valence-corrected chi connectivity index (χ4v) is 2.75. The van der Waals surface area contributed by atoms with E-state index in [1.165, 1.54) is 31.4 Å². The number of hydrogen-bond donors (Lipinski definition) is 2. The van der Waals surface area contributed by atoms with Gasteiger partial charge in [-0.1, -0.05) is 30.9 Å². The van der Waals surface area contributed by atoms with Gasteiger partial charge in [0.1, 0.15) is 5.75 Å². The maximum absolute atomic E-state index is 12.4. The molecule has 1 saturated carbocycles. The van der Waals surface area contributed by atoms with Gasteiger partial charge in [-0.25, -0.2) is 4.99 Å². The molecule has 0 aliphatic heterocycles. The summed E-state index contributed by atoms with van der Waals surface area (Å²) in [4.78, 5) is 4.20. The van der Waals surface area contributed by atoms with Crippen LogP contribution in [0.3, 0.4) is 0 Å². The highest BCUT2D eigenvalue weighted by atomic mass is 35.5. The first-order valence-electron chi connectivity index (χ1n) is 7.34. The number of nitrogens with zero attached hydrogens (tertiary/aromatic N) is 1. The predicted molar refractivity (Wildman–Crippen MR) is 83.4 cm³/mol. The Morgan fingerprint density at radius 3 is 2.77 bits per heavy atom. The topological polar surface area (TPSA) is 59.6 Å². The molecule has 1 aliphatic carbocycles. The van der Waals surface area contributed by atoms with Crippen molar-refractivity contribution in [2.24, 2.45) is 10.7 Å². The number of ether oxygens (including phenoxy) is 1. The molecule has 0 unspecified atom stereocenters. The van der Waals surface area contributed by atoms with Crippen LogP contribution in [-0.4, -0.2) is 18.6 Å². The Bertz CT molecular complexity index is 520. The van der Waals surface area contributed by atoms with Crippen molar-refractivity contribution < 1.29 is 13.5 Å². The van der Waals surface area contributed by atoms with Gasteiger partial charge in [0.15, 0.2) is 5.96 Å². The molecule has 1 aromatic carbocycles. The summed E-state index contributed by atoms with van der Waals surface area (Å²) < 4.78 is 29.2. The molecule has 1 fully saturated rings. The number of hydrogen-bond acceptors (Lipinski definition) is 2. The minimum Gasteiger partial charge on any atom is -0.434 e.